The van der Waals surface area contributed by atoms with Gasteiger partial charge in [0.2, 0.25) is 5.91 Å². The highest BCUT2D eigenvalue weighted by Crippen LogP contribution is 2.37. The van der Waals surface area contributed by atoms with E-state index in [2.05, 4.69) is 10.5 Å². The molecule has 1 aliphatic carbocycles. The summed E-state index contributed by atoms with van der Waals surface area (Å²) in [5.41, 5.74) is 4.42. The minimum atomic E-state index is -4.34. The Hall–Kier alpha value is -1.47. The van der Waals surface area contributed by atoms with Crippen molar-refractivity contribution in [3.63, 3.8) is 0 Å². The number of hydrogen-bond donors (Lipinski definition) is 3. The maximum Gasteiger partial charge on any atom is 0.391 e. The van der Waals surface area contributed by atoms with Crippen LogP contribution in [-0.4, -0.2) is 29.2 Å². The highest BCUT2D eigenvalue weighted by Gasteiger charge is 2.44. The van der Waals surface area contributed by atoms with Gasteiger partial charge in [-0.3, -0.25) is 4.79 Å². The lowest BCUT2D eigenvalue weighted by Crippen LogP contribution is -2.53. The topological polar surface area (TPSA) is 87.7 Å². The number of alkyl halides is 3. The number of amides is 1. The van der Waals surface area contributed by atoms with Crippen LogP contribution in [0.1, 0.15) is 45.4 Å². The highest BCUT2D eigenvalue weighted by molar-refractivity contribution is 6.06. The highest BCUT2D eigenvalue weighted by atomic mass is 19.4. The summed E-state index contributed by atoms with van der Waals surface area (Å²) in [5.74, 6) is -0.821. The molecule has 0 aliphatic heterocycles. The molecule has 5 nitrogen and oxygen atoms in total. The van der Waals surface area contributed by atoms with Crippen molar-refractivity contribution in [2.45, 2.75) is 57.7 Å². The molecule has 1 rings (SSSR count). The summed E-state index contributed by atoms with van der Waals surface area (Å²) < 4.78 is 36.8. The monoisotopic (exact) mass is 295 g/mol. The molecule has 0 heterocycles. The molecule has 0 spiro atoms. The van der Waals surface area contributed by atoms with Crippen LogP contribution in [0, 0.1) is 5.41 Å². The van der Waals surface area contributed by atoms with Crippen molar-refractivity contribution in [1.29, 1.82) is 0 Å². The van der Waals surface area contributed by atoms with E-state index in [1.165, 1.54) is 6.92 Å². The Kier molecular flexibility index (Phi) is 5.24. The first-order valence-electron chi connectivity index (χ1n) is 6.57. The maximum atomic E-state index is 12.3. The number of nitrogens with one attached hydrogen (secondary N) is 1. The molecule has 0 aromatic carbocycles. The van der Waals surface area contributed by atoms with E-state index < -0.39 is 30.0 Å². The fourth-order valence-electron chi connectivity index (χ4n) is 2.61. The lowest BCUT2D eigenvalue weighted by molar-refractivity contribution is -0.143. The molecule has 4 N–H and O–H groups in total. The molecule has 20 heavy (non-hydrogen) atoms. The number of hydrogen-bond acceptors (Lipinski definition) is 3. The second-order valence-corrected chi connectivity index (χ2v) is 5.32. The van der Waals surface area contributed by atoms with Gasteiger partial charge in [-0.25, -0.2) is 0 Å². The number of nitrogens with two attached hydrogens (primary N) is 1. The number of rotatable bonds is 4. The molecular weight excluding hydrogens is 275 g/mol. The van der Waals surface area contributed by atoms with Crippen molar-refractivity contribution in [3.8, 4) is 0 Å². The van der Waals surface area contributed by atoms with Gasteiger partial charge < -0.3 is 16.3 Å². The van der Waals surface area contributed by atoms with Crippen LogP contribution in [0.3, 0.4) is 0 Å². The SMILES string of the molecule is CC(CC(F)(F)F)NC(=O)C1(C(N)=NO)CCCCC1. The van der Waals surface area contributed by atoms with Gasteiger partial charge in [0.25, 0.3) is 0 Å². The first-order chi connectivity index (χ1) is 9.21. The van der Waals surface area contributed by atoms with Gasteiger partial charge in [-0.2, -0.15) is 13.2 Å². The van der Waals surface area contributed by atoms with Crippen LogP contribution in [-0.2, 0) is 4.79 Å². The van der Waals surface area contributed by atoms with Crippen LogP contribution in [0.2, 0.25) is 0 Å². The van der Waals surface area contributed by atoms with E-state index in [1.807, 2.05) is 0 Å². The first-order valence-corrected chi connectivity index (χ1v) is 6.57. The van der Waals surface area contributed by atoms with Crippen LogP contribution in [0.4, 0.5) is 13.2 Å². The van der Waals surface area contributed by atoms with Crippen molar-refractivity contribution < 1.29 is 23.2 Å². The van der Waals surface area contributed by atoms with Gasteiger partial charge in [0.15, 0.2) is 5.84 Å². The second kappa shape index (κ2) is 6.32. The molecule has 1 atom stereocenters. The molecule has 1 saturated carbocycles. The zero-order valence-electron chi connectivity index (χ0n) is 11.3. The fourth-order valence-corrected chi connectivity index (χ4v) is 2.61. The Bertz CT molecular complexity index is 377. The Morgan fingerprint density at radius 1 is 1.40 bits per heavy atom. The first kappa shape index (κ1) is 16.6. The molecule has 0 saturated heterocycles. The molecule has 8 heteroatoms. The van der Waals surface area contributed by atoms with Gasteiger partial charge >= 0.3 is 6.18 Å². The summed E-state index contributed by atoms with van der Waals surface area (Å²) in [6.07, 6.45) is -2.32. The van der Waals surface area contributed by atoms with Gasteiger partial charge in [-0.1, -0.05) is 24.4 Å². The Morgan fingerprint density at radius 2 is 1.95 bits per heavy atom. The number of amidine groups is 1. The normalized spacial score (nSPS) is 21.3. The van der Waals surface area contributed by atoms with Gasteiger partial charge in [0.1, 0.15) is 5.41 Å². The third kappa shape index (κ3) is 4.01. The lowest BCUT2D eigenvalue weighted by atomic mass is 9.72. The van der Waals surface area contributed by atoms with E-state index in [9.17, 15) is 18.0 Å². The summed E-state index contributed by atoms with van der Waals surface area (Å²) in [5, 5.41) is 14.1. The summed E-state index contributed by atoms with van der Waals surface area (Å²) in [7, 11) is 0. The number of carbonyl (C=O) groups excluding carboxylic acids is 1. The predicted molar refractivity (Wildman–Crippen MR) is 67.2 cm³/mol. The summed E-state index contributed by atoms with van der Waals surface area (Å²) in [6, 6.07) is -1.05. The molecular formula is C12H20F3N3O2. The largest absolute Gasteiger partial charge is 0.409 e. The predicted octanol–water partition coefficient (Wildman–Crippen LogP) is 2.14. The van der Waals surface area contributed by atoms with Gasteiger partial charge in [-0.15, -0.1) is 0 Å². The minimum absolute atomic E-state index is 0.228. The third-order valence-electron chi connectivity index (χ3n) is 3.65. The quantitative estimate of drug-likeness (QED) is 0.321. The molecule has 0 radical (unpaired) electrons. The van der Waals surface area contributed by atoms with Crippen LogP contribution in [0.15, 0.2) is 5.16 Å². The third-order valence-corrected chi connectivity index (χ3v) is 3.65. The lowest BCUT2D eigenvalue weighted by Gasteiger charge is -2.35. The Labute approximate surface area is 115 Å². The van der Waals surface area contributed by atoms with E-state index in [-0.39, 0.29) is 5.84 Å². The molecule has 1 aliphatic rings. The van der Waals surface area contributed by atoms with Gasteiger partial charge in [0.05, 0.1) is 6.42 Å². The minimum Gasteiger partial charge on any atom is -0.409 e. The molecule has 0 aromatic rings. The van der Waals surface area contributed by atoms with Crippen LogP contribution in [0.5, 0.6) is 0 Å². The van der Waals surface area contributed by atoms with Crippen LogP contribution < -0.4 is 11.1 Å². The molecule has 1 fully saturated rings. The molecule has 0 aromatic heterocycles. The maximum absolute atomic E-state index is 12.3. The van der Waals surface area contributed by atoms with E-state index in [0.29, 0.717) is 12.8 Å². The van der Waals surface area contributed by atoms with Gasteiger partial charge in [0, 0.05) is 6.04 Å². The van der Waals surface area contributed by atoms with Crippen molar-refractivity contribution >= 4 is 11.7 Å². The van der Waals surface area contributed by atoms with Crippen molar-refractivity contribution in [2.75, 3.05) is 0 Å². The van der Waals surface area contributed by atoms with E-state index in [1.54, 1.807) is 0 Å². The van der Waals surface area contributed by atoms with Crippen LogP contribution in [0.25, 0.3) is 0 Å². The molecule has 116 valence electrons. The zero-order chi connectivity index (χ0) is 15.4. The van der Waals surface area contributed by atoms with E-state index in [0.717, 1.165) is 19.3 Å². The molecule has 1 amide bonds. The van der Waals surface area contributed by atoms with E-state index >= 15 is 0 Å². The smallest absolute Gasteiger partial charge is 0.391 e. The summed E-state index contributed by atoms with van der Waals surface area (Å²) in [4.78, 5) is 12.3. The molecule has 1 unspecified atom stereocenters. The standard InChI is InChI=1S/C12H20F3N3O2/c1-8(7-12(13,14)15)17-10(19)11(9(16)18-20)5-3-2-4-6-11/h8,20H,2-7H2,1H3,(H2,16,18)(H,17,19). The number of oxime groups is 1. The Morgan fingerprint density at radius 3 is 2.40 bits per heavy atom. The van der Waals surface area contributed by atoms with Crippen molar-refractivity contribution in [1.82, 2.24) is 5.32 Å². The fraction of sp³-hybridized carbons (Fsp3) is 0.833. The second-order valence-electron chi connectivity index (χ2n) is 5.32. The number of carbonyl (C=O) groups is 1. The van der Waals surface area contributed by atoms with Crippen molar-refractivity contribution in [3.05, 3.63) is 0 Å². The summed E-state index contributed by atoms with van der Waals surface area (Å²) >= 11 is 0. The van der Waals surface area contributed by atoms with E-state index in [4.69, 9.17) is 10.9 Å². The number of nitrogens with zero attached hydrogens (tertiary/aromatic N) is 1. The Balaban J connectivity index is 2.79. The average Bonchev–Trinajstić information content (AvgIpc) is 2.36. The zero-order valence-corrected chi connectivity index (χ0v) is 11.3. The van der Waals surface area contributed by atoms with Crippen molar-refractivity contribution in [2.24, 2.45) is 16.3 Å². The number of halogens is 3. The average molecular weight is 295 g/mol. The van der Waals surface area contributed by atoms with Crippen LogP contribution >= 0.6 is 0 Å². The summed E-state index contributed by atoms with van der Waals surface area (Å²) in [6.45, 7) is 1.29. The van der Waals surface area contributed by atoms with Gasteiger partial charge in [-0.05, 0) is 19.8 Å². The molecule has 0 bridgehead atoms.